The number of hydrogen-bond acceptors (Lipinski definition) is 4. The number of rotatable bonds is 9. The zero-order valence-corrected chi connectivity index (χ0v) is 15.7. The molecule has 25 heavy (non-hydrogen) atoms. The van der Waals surface area contributed by atoms with Gasteiger partial charge in [-0.2, -0.15) is 0 Å². The molecule has 0 radical (unpaired) electrons. The van der Waals surface area contributed by atoms with E-state index in [1.165, 1.54) is 0 Å². The van der Waals surface area contributed by atoms with Gasteiger partial charge in [0.25, 0.3) is 5.91 Å². The number of halogens is 2. The van der Waals surface area contributed by atoms with Crippen LogP contribution >= 0.6 is 23.2 Å². The summed E-state index contributed by atoms with van der Waals surface area (Å²) in [5.41, 5.74) is 1.35. The number of anilines is 1. The molecule has 0 spiro atoms. The summed E-state index contributed by atoms with van der Waals surface area (Å²) in [5.74, 6) is 0.244. The van der Waals surface area contributed by atoms with Gasteiger partial charge in [-0.25, -0.2) is 9.97 Å². The first-order chi connectivity index (χ1) is 12.1. The first kappa shape index (κ1) is 19.5. The summed E-state index contributed by atoms with van der Waals surface area (Å²) in [6.07, 6.45) is 5.47. The molecule has 5 nitrogen and oxygen atoms in total. The Kier molecular flexibility index (Phi) is 7.95. The average Bonchev–Trinajstić information content (AvgIpc) is 2.61. The van der Waals surface area contributed by atoms with E-state index in [9.17, 15) is 4.79 Å². The Hall–Kier alpha value is -1.85. The second-order valence-electron chi connectivity index (χ2n) is 5.64. The standard InChI is InChI=1S/C18H22Cl2N4O/c1-2-3-4-9-21-17(25)16-8-11-23-18(24-16)22-10-7-13-5-6-14(19)12-15(13)20/h5-6,8,11-12H,2-4,7,9-10H2,1H3,(H,21,25)(H,22,23,24). The van der Waals surface area contributed by atoms with Crippen molar-refractivity contribution in [3.8, 4) is 0 Å². The molecule has 1 aromatic carbocycles. The Bertz CT molecular complexity index is 709. The van der Waals surface area contributed by atoms with Crippen LogP contribution < -0.4 is 10.6 Å². The molecule has 0 aliphatic carbocycles. The van der Waals surface area contributed by atoms with Crippen molar-refractivity contribution in [3.05, 3.63) is 51.8 Å². The number of hydrogen-bond donors (Lipinski definition) is 2. The fraction of sp³-hybridized carbons (Fsp3) is 0.389. The molecular weight excluding hydrogens is 359 g/mol. The Morgan fingerprint density at radius 3 is 2.76 bits per heavy atom. The first-order valence-corrected chi connectivity index (χ1v) is 9.14. The summed E-state index contributed by atoms with van der Waals surface area (Å²) >= 11 is 12.0. The fourth-order valence-corrected chi connectivity index (χ4v) is 2.77. The Morgan fingerprint density at radius 2 is 2.00 bits per heavy atom. The van der Waals surface area contributed by atoms with E-state index in [4.69, 9.17) is 23.2 Å². The van der Waals surface area contributed by atoms with E-state index in [1.54, 1.807) is 18.3 Å². The maximum Gasteiger partial charge on any atom is 0.270 e. The molecule has 0 saturated carbocycles. The Balaban J connectivity index is 1.85. The zero-order valence-electron chi connectivity index (χ0n) is 14.2. The van der Waals surface area contributed by atoms with Crippen molar-refractivity contribution in [2.24, 2.45) is 0 Å². The number of benzene rings is 1. The molecule has 1 aromatic heterocycles. The van der Waals surface area contributed by atoms with Gasteiger partial charge in [-0.05, 0) is 36.6 Å². The second kappa shape index (κ2) is 10.2. The van der Waals surface area contributed by atoms with Crippen molar-refractivity contribution in [1.29, 1.82) is 0 Å². The van der Waals surface area contributed by atoms with Crippen LogP contribution in [-0.2, 0) is 6.42 Å². The molecule has 2 aromatic rings. The predicted molar refractivity (Wildman–Crippen MR) is 103 cm³/mol. The molecule has 0 aliphatic heterocycles. The highest BCUT2D eigenvalue weighted by atomic mass is 35.5. The lowest BCUT2D eigenvalue weighted by Gasteiger charge is -2.08. The van der Waals surface area contributed by atoms with Crippen LogP contribution in [0.5, 0.6) is 0 Å². The Labute approximate surface area is 158 Å². The number of carbonyl (C=O) groups excluding carboxylic acids is 1. The normalized spacial score (nSPS) is 10.5. The van der Waals surface area contributed by atoms with E-state index in [0.717, 1.165) is 24.8 Å². The van der Waals surface area contributed by atoms with Gasteiger partial charge in [0.2, 0.25) is 5.95 Å². The number of aromatic nitrogens is 2. The van der Waals surface area contributed by atoms with E-state index >= 15 is 0 Å². The number of nitrogens with zero attached hydrogens (tertiary/aromatic N) is 2. The number of unbranched alkanes of at least 4 members (excludes halogenated alkanes) is 2. The van der Waals surface area contributed by atoms with Gasteiger partial charge in [0, 0.05) is 29.3 Å². The lowest BCUT2D eigenvalue weighted by atomic mass is 10.1. The van der Waals surface area contributed by atoms with Gasteiger partial charge in [-0.1, -0.05) is 49.0 Å². The van der Waals surface area contributed by atoms with Crippen LogP contribution in [0, 0.1) is 0 Å². The quantitative estimate of drug-likeness (QED) is 0.634. The lowest BCUT2D eigenvalue weighted by Crippen LogP contribution is -2.25. The van der Waals surface area contributed by atoms with Crippen LogP contribution in [0.15, 0.2) is 30.5 Å². The van der Waals surface area contributed by atoms with Gasteiger partial charge in [0.1, 0.15) is 5.69 Å². The van der Waals surface area contributed by atoms with Gasteiger partial charge in [-0.15, -0.1) is 0 Å². The van der Waals surface area contributed by atoms with Crippen molar-refractivity contribution in [2.75, 3.05) is 18.4 Å². The average molecular weight is 381 g/mol. The van der Waals surface area contributed by atoms with Gasteiger partial charge in [0.15, 0.2) is 0 Å². The van der Waals surface area contributed by atoms with Crippen molar-refractivity contribution < 1.29 is 4.79 Å². The molecule has 0 bridgehead atoms. The highest BCUT2D eigenvalue weighted by Gasteiger charge is 2.08. The predicted octanol–water partition coefficient (Wildman–Crippen LogP) is 4.36. The fourth-order valence-electron chi connectivity index (χ4n) is 2.27. The van der Waals surface area contributed by atoms with Crippen LogP contribution in [0.3, 0.4) is 0 Å². The van der Waals surface area contributed by atoms with Crippen LogP contribution in [0.2, 0.25) is 10.0 Å². The van der Waals surface area contributed by atoms with Crippen molar-refractivity contribution >= 4 is 35.1 Å². The maximum atomic E-state index is 12.1. The molecular formula is C18H22Cl2N4O. The van der Waals surface area contributed by atoms with E-state index in [-0.39, 0.29) is 5.91 Å². The van der Waals surface area contributed by atoms with E-state index < -0.39 is 0 Å². The maximum absolute atomic E-state index is 12.1. The molecule has 0 atom stereocenters. The third-order valence-electron chi connectivity index (χ3n) is 3.65. The molecule has 1 heterocycles. The summed E-state index contributed by atoms with van der Waals surface area (Å²) in [7, 11) is 0. The molecule has 0 aliphatic rings. The smallest absolute Gasteiger partial charge is 0.270 e. The molecule has 0 saturated heterocycles. The van der Waals surface area contributed by atoms with Crippen LogP contribution in [0.4, 0.5) is 5.95 Å². The van der Waals surface area contributed by atoms with E-state index in [0.29, 0.717) is 41.2 Å². The highest BCUT2D eigenvalue weighted by Crippen LogP contribution is 2.21. The monoisotopic (exact) mass is 380 g/mol. The van der Waals surface area contributed by atoms with Crippen LogP contribution in [-0.4, -0.2) is 29.0 Å². The molecule has 2 rings (SSSR count). The summed E-state index contributed by atoms with van der Waals surface area (Å²) in [5, 5.41) is 7.23. The molecule has 1 amide bonds. The van der Waals surface area contributed by atoms with Gasteiger partial charge in [-0.3, -0.25) is 4.79 Å². The molecule has 0 unspecified atom stereocenters. The largest absolute Gasteiger partial charge is 0.354 e. The van der Waals surface area contributed by atoms with Crippen LogP contribution in [0.1, 0.15) is 42.2 Å². The molecule has 134 valence electrons. The summed E-state index contributed by atoms with van der Waals surface area (Å²) in [6.45, 7) is 3.39. The van der Waals surface area contributed by atoms with Gasteiger partial charge < -0.3 is 10.6 Å². The molecule has 7 heteroatoms. The highest BCUT2D eigenvalue weighted by molar-refractivity contribution is 6.35. The Morgan fingerprint density at radius 1 is 1.16 bits per heavy atom. The summed E-state index contributed by atoms with van der Waals surface area (Å²) in [4.78, 5) is 20.5. The summed E-state index contributed by atoms with van der Waals surface area (Å²) in [6, 6.07) is 7.03. The number of nitrogens with one attached hydrogen (secondary N) is 2. The van der Waals surface area contributed by atoms with E-state index in [2.05, 4.69) is 27.5 Å². The van der Waals surface area contributed by atoms with Crippen molar-refractivity contribution in [2.45, 2.75) is 32.6 Å². The number of carbonyl (C=O) groups is 1. The van der Waals surface area contributed by atoms with Gasteiger partial charge >= 0.3 is 0 Å². The number of amides is 1. The summed E-state index contributed by atoms with van der Waals surface area (Å²) < 4.78 is 0. The molecule has 0 fully saturated rings. The van der Waals surface area contributed by atoms with Crippen molar-refractivity contribution in [1.82, 2.24) is 15.3 Å². The molecule has 2 N–H and O–H groups in total. The van der Waals surface area contributed by atoms with Gasteiger partial charge in [0.05, 0.1) is 0 Å². The minimum atomic E-state index is -0.178. The lowest BCUT2D eigenvalue weighted by molar-refractivity contribution is 0.0948. The van der Waals surface area contributed by atoms with Crippen molar-refractivity contribution in [3.63, 3.8) is 0 Å². The minimum absolute atomic E-state index is 0.178. The SMILES string of the molecule is CCCCCNC(=O)c1ccnc(NCCc2ccc(Cl)cc2Cl)n1. The first-order valence-electron chi connectivity index (χ1n) is 8.39. The van der Waals surface area contributed by atoms with E-state index in [1.807, 2.05) is 12.1 Å². The minimum Gasteiger partial charge on any atom is -0.354 e. The zero-order chi connectivity index (χ0) is 18.1. The van der Waals surface area contributed by atoms with Crippen LogP contribution in [0.25, 0.3) is 0 Å². The second-order valence-corrected chi connectivity index (χ2v) is 6.48. The third-order valence-corrected chi connectivity index (χ3v) is 4.23. The topological polar surface area (TPSA) is 66.9 Å². The third kappa shape index (κ3) is 6.52.